The second-order valence-corrected chi connectivity index (χ2v) is 5.86. The minimum absolute atomic E-state index is 0.0883. The van der Waals surface area contributed by atoms with Gasteiger partial charge in [0.1, 0.15) is 6.54 Å². The van der Waals surface area contributed by atoms with Crippen LogP contribution in [0.25, 0.3) is 0 Å². The number of benzene rings is 1. The van der Waals surface area contributed by atoms with Gasteiger partial charge in [-0.2, -0.15) is 0 Å². The number of carbonyl (C=O) groups excluding carboxylic acids is 1. The maximum absolute atomic E-state index is 11.9. The number of quaternary nitrogens is 1. The SMILES string of the molecule is C[N+]1(C)CCC[C@H](OC(=O)[C@H](O)c2ccccc2)C1. The van der Waals surface area contributed by atoms with Crippen molar-refractivity contribution in [2.75, 3.05) is 27.2 Å². The van der Waals surface area contributed by atoms with Crippen molar-refractivity contribution >= 4 is 5.97 Å². The summed E-state index contributed by atoms with van der Waals surface area (Å²) in [7, 11) is 4.27. The fourth-order valence-electron chi connectivity index (χ4n) is 2.58. The summed E-state index contributed by atoms with van der Waals surface area (Å²) in [6.45, 7) is 1.92. The number of piperidine rings is 1. The van der Waals surface area contributed by atoms with Gasteiger partial charge >= 0.3 is 5.97 Å². The zero-order chi connectivity index (χ0) is 13.9. The second kappa shape index (κ2) is 5.72. The molecule has 2 rings (SSSR count). The lowest BCUT2D eigenvalue weighted by atomic mass is 10.1. The summed E-state index contributed by atoms with van der Waals surface area (Å²) in [6, 6.07) is 8.90. The first-order valence-electron chi connectivity index (χ1n) is 6.73. The van der Waals surface area contributed by atoms with E-state index in [4.69, 9.17) is 4.74 Å². The zero-order valence-corrected chi connectivity index (χ0v) is 11.6. The highest BCUT2D eigenvalue weighted by atomic mass is 16.6. The molecule has 0 unspecified atom stereocenters. The Kier molecular flexibility index (Phi) is 4.22. The fraction of sp³-hybridized carbons (Fsp3) is 0.533. The van der Waals surface area contributed by atoms with Crippen LogP contribution in [0.4, 0.5) is 0 Å². The molecule has 0 bridgehead atoms. The molecule has 0 radical (unpaired) electrons. The Bertz CT molecular complexity index is 430. The lowest BCUT2D eigenvalue weighted by molar-refractivity contribution is -0.898. The first-order chi connectivity index (χ1) is 8.98. The van der Waals surface area contributed by atoms with E-state index in [9.17, 15) is 9.90 Å². The van der Waals surface area contributed by atoms with Crippen LogP contribution in [0.5, 0.6) is 0 Å². The van der Waals surface area contributed by atoms with Crippen molar-refractivity contribution < 1.29 is 19.1 Å². The van der Waals surface area contributed by atoms with Crippen LogP contribution in [0.1, 0.15) is 24.5 Å². The van der Waals surface area contributed by atoms with Gasteiger partial charge in [-0.05, 0) is 12.0 Å². The molecule has 0 amide bonds. The number of carbonyl (C=O) groups is 1. The summed E-state index contributed by atoms with van der Waals surface area (Å²) in [4.78, 5) is 11.9. The molecule has 2 atom stereocenters. The first-order valence-corrected chi connectivity index (χ1v) is 6.73. The van der Waals surface area contributed by atoms with Crippen LogP contribution in [0.2, 0.25) is 0 Å². The van der Waals surface area contributed by atoms with Gasteiger partial charge in [0.05, 0.1) is 20.6 Å². The first kappa shape index (κ1) is 14.0. The molecule has 0 aromatic heterocycles. The second-order valence-electron chi connectivity index (χ2n) is 5.86. The number of likely N-dealkylation sites (tertiary alicyclic amines) is 1. The summed E-state index contributed by atoms with van der Waals surface area (Å²) in [5.41, 5.74) is 0.581. The molecule has 104 valence electrons. The van der Waals surface area contributed by atoms with Crippen LogP contribution in [-0.4, -0.2) is 48.8 Å². The summed E-state index contributed by atoms with van der Waals surface area (Å²) in [6.07, 6.45) is 0.662. The minimum atomic E-state index is -1.18. The highest BCUT2D eigenvalue weighted by molar-refractivity contribution is 5.76. The highest BCUT2D eigenvalue weighted by Gasteiger charge is 2.31. The third-order valence-electron chi connectivity index (χ3n) is 3.61. The van der Waals surface area contributed by atoms with E-state index < -0.39 is 12.1 Å². The number of aliphatic hydroxyl groups excluding tert-OH is 1. The number of ether oxygens (including phenoxy) is 1. The van der Waals surface area contributed by atoms with Crippen LogP contribution in [0.3, 0.4) is 0 Å². The van der Waals surface area contributed by atoms with E-state index in [0.29, 0.717) is 5.56 Å². The Labute approximate surface area is 114 Å². The average Bonchev–Trinajstić information content (AvgIpc) is 2.37. The number of hydrogen-bond acceptors (Lipinski definition) is 3. The van der Waals surface area contributed by atoms with Gasteiger partial charge in [0.15, 0.2) is 12.2 Å². The van der Waals surface area contributed by atoms with Gasteiger partial charge in [0, 0.05) is 6.42 Å². The third-order valence-corrected chi connectivity index (χ3v) is 3.61. The van der Waals surface area contributed by atoms with Crippen molar-refractivity contribution in [2.45, 2.75) is 25.0 Å². The molecule has 19 heavy (non-hydrogen) atoms. The summed E-state index contributed by atoms with van der Waals surface area (Å²) >= 11 is 0. The maximum atomic E-state index is 11.9. The molecule has 1 fully saturated rings. The smallest absolute Gasteiger partial charge is 0.340 e. The van der Waals surface area contributed by atoms with Crippen LogP contribution >= 0.6 is 0 Å². The topological polar surface area (TPSA) is 46.5 Å². The van der Waals surface area contributed by atoms with Crippen molar-refractivity contribution in [3.63, 3.8) is 0 Å². The van der Waals surface area contributed by atoms with E-state index in [2.05, 4.69) is 14.1 Å². The van der Waals surface area contributed by atoms with E-state index in [1.807, 2.05) is 6.07 Å². The molecule has 1 N–H and O–H groups in total. The van der Waals surface area contributed by atoms with Crippen molar-refractivity contribution in [3.8, 4) is 0 Å². The molecule has 1 aromatic carbocycles. The van der Waals surface area contributed by atoms with Gasteiger partial charge in [-0.25, -0.2) is 4.79 Å². The van der Waals surface area contributed by atoms with Crippen molar-refractivity contribution in [2.24, 2.45) is 0 Å². The summed E-state index contributed by atoms with van der Waals surface area (Å²) in [5, 5.41) is 9.97. The predicted molar refractivity (Wildman–Crippen MR) is 72.4 cm³/mol. The molecular formula is C15H22NO3+. The Hall–Kier alpha value is -1.39. The molecular weight excluding hydrogens is 242 g/mol. The Morgan fingerprint density at radius 2 is 2.05 bits per heavy atom. The van der Waals surface area contributed by atoms with Gasteiger partial charge < -0.3 is 14.3 Å². The number of likely N-dealkylation sites (N-methyl/N-ethyl adjacent to an activating group) is 1. The molecule has 0 spiro atoms. The van der Waals surface area contributed by atoms with E-state index in [1.54, 1.807) is 24.3 Å². The van der Waals surface area contributed by atoms with E-state index in [0.717, 1.165) is 30.4 Å². The molecule has 1 saturated heterocycles. The van der Waals surface area contributed by atoms with Crippen LogP contribution in [-0.2, 0) is 9.53 Å². The number of aliphatic hydroxyl groups is 1. The predicted octanol–water partition coefficient (Wildman–Crippen LogP) is 1.50. The summed E-state index contributed by atoms with van der Waals surface area (Å²) < 4.78 is 6.30. The van der Waals surface area contributed by atoms with Gasteiger partial charge in [0.25, 0.3) is 0 Å². The standard InChI is InChI=1S/C15H22NO3/c1-16(2)10-6-9-13(11-16)19-15(18)14(17)12-7-4-3-5-8-12/h3-5,7-8,13-14,17H,6,9-11H2,1-2H3/q+1/t13-,14+/m0/s1. The van der Waals surface area contributed by atoms with E-state index >= 15 is 0 Å². The van der Waals surface area contributed by atoms with Gasteiger partial charge in [-0.15, -0.1) is 0 Å². The lowest BCUT2D eigenvalue weighted by Crippen LogP contribution is -2.50. The van der Waals surface area contributed by atoms with Crippen molar-refractivity contribution in [3.05, 3.63) is 35.9 Å². The summed E-state index contributed by atoms with van der Waals surface area (Å²) in [5.74, 6) is -0.543. The number of rotatable bonds is 3. The number of nitrogens with zero attached hydrogens (tertiary/aromatic N) is 1. The van der Waals surface area contributed by atoms with Crippen molar-refractivity contribution in [1.29, 1.82) is 0 Å². The normalized spacial score (nSPS) is 23.6. The Morgan fingerprint density at radius 1 is 1.37 bits per heavy atom. The fourth-order valence-corrected chi connectivity index (χ4v) is 2.58. The Balaban J connectivity index is 1.94. The number of hydrogen-bond donors (Lipinski definition) is 1. The van der Waals surface area contributed by atoms with Crippen LogP contribution in [0.15, 0.2) is 30.3 Å². The quantitative estimate of drug-likeness (QED) is 0.665. The molecule has 4 heteroatoms. The molecule has 4 nitrogen and oxygen atoms in total. The zero-order valence-electron chi connectivity index (χ0n) is 11.6. The average molecular weight is 264 g/mol. The van der Waals surface area contributed by atoms with Gasteiger partial charge in [0.2, 0.25) is 0 Å². The van der Waals surface area contributed by atoms with Crippen LogP contribution < -0.4 is 0 Å². The van der Waals surface area contributed by atoms with E-state index in [-0.39, 0.29) is 6.10 Å². The van der Waals surface area contributed by atoms with Crippen molar-refractivity contribution in [1.82, 2.24) is 0 Å². The van der Waals surface area contributed by atoms with Gasteiger partial charge in [-0.1, -0.05) is 30.3 Å². The number of esters is 1. The largest absolute Gasteiger partial charge is 0.454 e. The lowest BCUT2D eigenvalue weighted by Gasteiger charge is -2.37. The molecule has 1 aliphatic heterocycles. The minimum Gasteiger partial charge on any atom is -0.454 e. The maximum Gasteiger partial charge on any atom is 0.340 e. The molecule has 1 heterocycles. The van der Waals surface area contributed by atoms with E-state index in [1.165, 1.54) is 0 Å². The molecule has 0 saturated carbocycles. The van der Waals surface area contributed by atoms with Crippen LogP contribution in [0, 0.1) is 0 Å². The molecule has 1 aliphatic rings. The van der Waals surface area contributed by atoms with Gasteiger partial charge in [-0.3, -0.25) is 0 Å². The molecule has 0 aliphatic carbocycles. The highest BCUT2D eigenvalue weighted by Crippen LogP contribution is 2.20. The third kappa shape index (κ3) is 3.78. The molecule has 1 aromatic rings. The monoisotopic (exact) mass is 264 g/mol. The Morgan fingerprint density at radius 3 is 2.68 bits per heavy atom.